The maximum atomic E-state index is 4.23. The van der Waals surface area contributed by atoms with Gasteiger partial charge < -0.3 is 5.32 Å². The molecular formula is C19H29N. The summed E-state index contributed by atoms with van der Waals surface area (Å²) in [4.78, 5) is 0. The lowest BCUT2D eigenvalue weighted by atomic mass is 9.90. The molecule has 1 rings (SSSR count). The second-order valence-corrected chi connectivity index (χ2v) is 6.46. The number of hydrogen-bond donors (Lipinski definition) is 1. The van der Waals surface area contributed by atoms with Gasteiger partial charge in [-0.2, -0.15) is 0 Å². The first kappa shape index (κ1) is 16.6. The van der Waals surface area contributed by atoms with Gasteiger partial charge in [-0.25, -0.2) is 0 Å². The van der Waals surface area contributed by atoms with Gasteiger partial charge in [-0.05, 0) is 66.2 Å². The second-order valence-electron chi connectivity index (χ2n) is 6.46. The standard InChI is InChI=1S/C19H29N/c1-12(2)15(7)17-9-18(16(8)13(3)4)11-19(10-17)20-14(5)6/h9-14,20H,7-8H2,1-6H3. The summed E-state index contributed by atoms with van der Waals surface area (Å²) in [7, 11) is 0. The Labute approximate surface area is 124 Å². The highest BCUT2D eigenvalue weighted by molar-refractivity contribution is 5.76. The quantitative estimate of drug-likeness (QED) is 0.684. The summed E-state index contributed by atoms with van der Waals surface area (Å²) >= 11 is 0. The molecule has 1 aromatic rings. The van der Waals surface area contributed by atoms with Crippen LogP contribution in [0.25, 0.3) is 11.1 Å². The Kier molecular flexibility index (Phi) is 5.62. The van der Waals surface area contributed by atoms with Gasteiger partial charge in [0.05, 0.1) is 0 Å². The van der Waals surface area contributed by atoms with Crippen molar-refractivity contribution >= 4 is 16.8 Å². The molecule has 1 nitrogen and oxygen atoms in total. The predicted molar refractivity (Wildman–Crippen MR) is 92.9 cm³/mol. The Balaban J connectivity index is 3.27. The topological polar surface area (TPSA) is 12.0 Å². The van der Waals surface area contributed by atoms with Crippen LogP contribution in [-0.2, 0) is 0 Å². The summed E-state index contributed by atoms with van der Waals surface area (Å²) in [6.07, 6.45) is 0. The van der Waals surface area contributed by atoms with Gasteiger partial charge in [0.2, 0.25) is 0 Å². The first-order valence-electron chi connectivity index (χ1n) is 7.52. The van der Waals surface area contributed by atoms with Gasteiger partial charge in [0.25, 0.3) is 0 Å². The van der Waals surface area contributed by atoms with Crippen LogP contribution in [0.4, 0.5) is 5.69 Å². The van der Waals surface area contributed by atoms with Gasteiger partial charge >= 0.3 is 0 Å². The molecule has 0 aliphatic rings. The van der Waals surface area contributed by atoms with Gasteiger partial charge in [-0.1, -0.05) is 40.9 Å². The van der Waals surface area contributed by atoms with Crippen molar-refractivity contribution in [2.45, 2.75) is 47.6 Å². The van der Waals surface area contributed by atoms with E-state index in [-0.39, 0.29) is 0 Å². The Morgan fingerprint density at radius 3 is 1.50 bits per heavy atom. The minimum absolute atomic E-state index is 0.415. The number of benzene rings is 1. The van der Waals surface area contributed by atoms with E-state index in [0.29, 0.717) is 17.9 Å². The number of allylic oxidation sites excluding steroid dienone is 2. The molecule has 0 spiro atoms. The average Bonchev–Trinajstić information content (AvgIpc) is 2.35. The molecule has 1 N–H and O–H groups in total. The molecule has 0 aliphatic carbocycles. The molecule has 110 valence electrons. The fourth-order valence-corrected chi connectivity index (χ4v) is 2.08. The van der Waals surface area contributed by atoms with Crippen LogP contribution in [0.3, 0.4) is 0 Å². The Morgan fingerprint density at radius 2 is 1.20 bits per heavy atom. The lowest BCUT2D eigenvalue weighted by Crippen LogP contribution is -2.10. The molecule has 0 atom stereocenters. The summed E-state index contributed by atoms with van der Waals surface area (Å²) < 4.78 is 0. The molecule has 0 bridgehead atoms. The molecule has 1 heteroatoms. The molecule has 0 fully saturated rings. The highest BCUT2D eigenvalue weighted by Gasteiger charge is 2.11. The Morgan fingerprint density at radius 1 is 0.800 bits per heavy atom. The van der Waals surface area contributed by atoms with Crippen LogP contribution in [0.1, 0.15) is 52.7 Å². The van der Waals surface area contributed by atoms with E-state index >= 15 is 0 Å². The van der Waals surface area contributed by atoms with Gasteiger partial charge in [-0.15, -0.1) is 0 Å². The van der Waals surface area contributed by atoms with Crippen LogP contribution < -0.4 is 5.32 Å². The number of anilines is 1. The second kappa shape index (κ2) is 6.78. The highest BCUT2D eigenvalue weighted by atomic mass is 14.9. The van der Waals surface area contributed by atoms with Crippen molar-refractivity contribution in [1.29, 1.82) is 0 Å². The van der Waals surface area contributed by atoms with Crippen LogP contribution in [0, 0.1) is 11.8 Å². The first-order valence-corrected chi connectivity index (χ1v) is 7.52. The van der Waals surface area contributed by atoms with Gasteiger partial charge in [0.1, 0.15) is 0 Å². The van der Waals surface area contributed by atoms with E-state index in [1.807, 2.05) is 0 Å². The van der Waals surface area contributed by atoms with Crippen molar-refractivity contribution in [1.82, 2.24) is 0 Å². The van der Waals surface area contributed by atoms with Crippen molar-refractivity contribution in [3.8, 4) is 0 Å². The lowest BCUT2D eigenvalue weighted by molar-refractivity contribution is 0.852. The summed E-state index contributed by atoms with van der Waals surface area (Å²) in [6.45, 7) is 21.5. The molecule has 1 aromatic carbocycles. The fourth-order valence-electron chi connectivity index (χ4n) is 2.08. The predicted octanol–water partition coefficient (Wildman–Crippen LogP) is 5.85. The van der Waals surface area contributed by atoms with Crippen molar-refractivity contribution in [2.24, 2.45) is 11.8 Å². The zero-order valence-electron chi connectivity index (χ0n) is 13.9. The van der Waals surface area contributed by atoms with E-state index in [0.717, 1.165) is 5.69 Å². The van der Waals surface area contributed by atoms with Gasteiger partial charge in [-0.3, -0.25) is 0 Å². The van der Waals surface area contributed by atoms with E-state index in [1.165, 1.54) is 22.3 Å². The number of hydrogen-bond acceptors (Lipinski definition) is 1. The van der Waals surface area contributed by atoms with Crippen LogP contribution >= 0.6 is 0 Å². The third kappa shape index (κ3) is 4.26. The van der Waals surface area contributed by atoms with E-state index in [9.17, 15) is 0 Å². The SMILES string of the molecule is C=C(c1cc(NC(C)C)cc(C(=C)C(C)C)c1)C(C)C. The molecule has 0 radical (unpaired) electrons. The molecule has 0 aliphatic heterocycles. The minimum atomic E-state index is 0.415. The average molecular weight is 271 g/mol. The fraction of sp³-hybridized carbons (Fsp3) is 0.474. The van der Waals surface area contributed by atoms with Crippen LogP contribution in [0.2, 0.25) is 0 Å². The lowest BCUT2D eigenvalue weighted by Gasteiger charge is -2.18. The molecule has 0 amide bonds. The third-order valence-corrected chi connectivity index (χ3v) is 3.52. The Bertz CT molecular complexity index is 454. The molecular weight excluding hydrogens is 242 g/mol. The highest BCUT2D eigenvalue weighted by Crippen LogP contribution is 2.30. The summed E-state index contributed by atoms with van der Waals surface area (Å²) in [5, 5.41) is 3.49. The van der Waals surface area contributed by atoms with Crippen LogP contribution in [-0.4, -0.2) is 6.04 Å². The van der Waals surface area contributed by atoms with Crippen molar-refractivity contribution in [3.63, 3.8) is 0 Å². The summed E-state index contributed by atoms with van der Waals surface area (Å²) in [5.74, 6) is 0.897. The van der Waals surface area contributed by atoms with E-state index in [2.05, 4.69) is 78.2 Å². The zero-order valence-corrected chi connectivity index (χ0v) is 13.9. The normalized spacial score (nSPS) is 11.2. The molecule has 20 heavy (non-hydrogen) atoms. The van der Waals surface area contributed by atoms with E-state index in [1.54, 1.807) is 0 Å². The van der Waals surface area contributed by atoms with Crippen molar-refractivity contribution < 1.29 is 0 Å². The Hall–Kier alpha value is -1.50. The summed E-state index contributed by atoms with van der Waals surface area (Å²) in [6, 6.07) is 7.02. The van der Waals surface area contributed by atoms with Crippen LogP contribution in [0.5, 0.6) is 0 Å². The molecule has 0 heterocycles. The number of nitrogens with one attached hydrogen (secondary N) is 1. The van der Waals surface area contributed by atoms with Crippen molar-refractivity contribution in [2.75, 3.05) is 5.32 Å². The molecule has 0 unspecified atom stereocenters. The van der Waals surface area contributed by atoms with Crippen LogP contribution in [0.15, 0.2) is 31.4 Å². The maximum absolute atomic E-state index is 4.23. The maximum Gasteiger partial charge on any atom is 0.0354 e. The van der Waals surface area contributed by atoms with Gasteiger partial charge in [0.15, 0.2) is 0 Å². The molecule has 0 aromatic heterocycles. The van der Waals surface area contributed by atoms with E-state index < -0.39 is 0 Å². The van der Waals surface area contributed by atoms with E-state index in [4.69, 9.17) is 0 Å². The van der Waals surface area contributed by atoms with Crippen molar-refractivity contribution in [3.05, 3.63) is 42.5 Å². The zero-order chi connectivity index (χ0) is 15.4. The monoisotopic (exact) mass is 271 g/mol. The third-order valence-electron chi connectivity index (χ3n) is 3.52. The first-order chi connectivity index (χ1) is 9.22. The van der Waals surface area contributed by atoms with Gasteiger partial charge in [0, 0.05) is 11.7 Å². The summed E-state index contributed by atoms with van der Waals surface area (Å²) in [5.41, 5.74) is 5.92. The molecule has 0 saturated heterocycles. The smallest absolute Gasteiger partial charge is 0.0354 e. The largest absolute Gasteiger partial charge is 0.383 e. The minimum Gasteiger partial charge on any atom is -0.383 e. The molecule has 0 saturated carbocycles. The number of rotatable bonds is 6.